The number of aliphatic hydroxyl groups excluding tert-OH is 1. The van der Waals surface area contributed by atoms with Gasteiger partial charge in [-0.2, -0.15) is 5.10 Å². The third-order valence-corrected chi connectivity index (χ3v) is 2.94. The molecule has 0 aromatic carbocycles. The van der Waals surface area contributed by atoms with E-state index in [0.29, 0.717) is 11.3 Å². The molecule has 0 aliphatic carbocycles. The molecule has 1 aromatic rings. The van der Waals surface area contributed by atoms with Gasteiger partial charge >= 0.3 is 0 Å². The maximum atomic E-state index is 9.88. The van der Waals surface area contributed by atoms with Crippen molar-refractivity contribution in [1.29, 1.82) is 0 Å². The lowest BCUT2D eigenvalue weighted by Gasteiger charge is -2.19. The van der Waals surface area contributed by atoms with Gasteiger partial charge in [-0.25, -0.2) is 0 Å². The molecule has 1 heterocycles. The van der Waals surface area contributed by atoms with Gasteiger partial charge in [0, 0.05) is 17.8 Å². The van der Waals surface area contributed by atoms with Gasteiger partial charge in [-0.3, -0.25) is 4.68 Å². The molecule has 0 amide bonds. The number of halogens is 3. The number of aryl methyl sites for hydroxylation is 2. The summed E-state index contributed by atoms with van der Waals surface area (Å²) < 4.78 is 0.0431. The zero-order valence-electron chi connectivity index (χ0n) is 8.76. The third-order valence-electron chi connectivity index (χ3n) is 2.32. The molecule has 0 saturated heterocycles. The lowest BCUT2D eigenvalue weighted by molar-refractivity contribution is 0.181. The number of aliphatic hydroxyl groups is 1. The highest BCUT2D eigenvalue weighted by Gasteiger charge is 2.35. The van der Waals surface area contributed by atoms with E-state index in [1.54, 1.807) is 11.6 Å². The van der Waals surface area contributed by atoms with Gasteiger partial charge in [-0.15, -0.1) is 0 Å². The molecule has 0 spiro atoms. The molecule has 0 bridgehead atoms. The van der Waals surface area contributed by atoms with Crippen LogP contribution >= 0.6 is 34.8 Å². The quantitative estimate of drug-likeness (QED) is 0.840. The Labute approximate surface area is 104 Å². The Hall–Kier alpha value is 0.0400. The third kappa shape index (κ3) is 2.59. The van der Waals surface area contributed by atoms with Crippen LogP contribution in [0, 0.1) is 13.8 Å². The summed E-state index contributed by atoms with van der Waals surface area (Å²) in [5, 5.41) is 14.1. The Morgan fingerprint density at radius 2 is 1.93 bits per heavy atom. The lowest BCUT2D eigenvalue weighted by Crippen LogP contribution is -2.18. The molecule has 1 rings (SSSR count). The molecule has 0 radical (unpaired) electrons. The summed E-state index contributed by atoms with van der Waals surface area (Å²) >= 11 is 17.0. The highest BCUT2D eigenvalue weighted by atomic mass is 35.6. The first-order valence-corrected chi connectivity index (χ1v) is 5.71. The molecule has 0 unspecified atom stereocenters. The van der Waals surface area contributed by atoms with Gasteiger partial charge in [0.1, 0.15) is 6.10 Å². The average molecular weight is 272 g/mol. The van der Waals surface area contributed by atoms with Crippen molar-refractivity contribution in [3.63, 3.8) is 0 Å². The molecule has 0 saturated carbocycles. The van der Waals surface area contributed by atoms with Crippen molar-refractivity contribution in [1.82, 2.24) is 9.78 Å². The van der Waals surface area contributed by atoms with Crippen LogP contribution in [0.15, 0.2) is 0 Å². The summed E-state index contributed by atoms with van der Waals surface area (Å²) in [4.78, 5) is 0. The van der Waals surface area contributed by atoms with E-state index in [-0.39, 0.29) is 0 Å². The van der Waals surface area contributed by atoms with E-state index in [4.69, 9.17) is 34.8 Å². The fourth-order valence-corrected chi connectivity index (χ4v) is 1.91. The number of hydrogen-bond acceptors (Lipinski definition) is 2. The fourth-order valence-electron chi connectivity index (χ4n) is 1.58. The van der Waals surface area contributed by atoms with Crippen LogP contribution in [0.3, 0.4) is 0 Å². The second-order valence-electron chi connectivity index (χ2n) is 3.34. The number of rotatable bonds is 2. The van der Waals surface area contributed by atoms with E-state index in [2.05, 4.69) is 5.10 Å². The Morgan fingerprint density at radius 1 is 1.40 bits per heavy atom. The van der Waals surface area contributed by atoms with E-state index >= 15 is 0 Å². The fraction of sp³-hybridized carbons (Fsp3) is 0.667. The summed E-state index contributed by atoms with van der Waals surface area (Å²) in [6.07, 6.45) is -1.15. The van der Waals surface area contributed by atoms with Crippen LogP contribution in [0.2, 0.25) is 0 Å². The molecule has 0 fully saturated rings. The number of aromatic nitrogens is 2. The first-order chi connectivity index (χ1) is 6.79. The standard InChI is InChI=1S/C9H13Cl3N2O/c1-4-14-6(3)7(5(2)13-14)8(15)9(10,11)12/h8,15H,4H2,1-3H3/t8-/m1/s1. The van der Waals surface area contributed by atoms with Crippen molar-refractivity contribution in [3.05, 3.63) is 17.0 Å². The smallest absolute Gasteiger partial charge is 0.220 e. The van der Waals surface area contributed by atoms with E-state index in [0.717, 1.165) is 12.2 Å². The van der Waals surface area contributed by atoms with Crippen LogP contribution in [0.4, 0.5) is 0 Å². The first kappa shape index (κ1) is 13.1. The average Bonchev–Trinajstić information content (AvgIpc) is 2.39. The van der Waals surface area contributed by atoms with Gasteiger partial charge in [0.2, 0.25) is 3.79 Å². The molecular weight excluding hydrogens is 258 g/mol. The summed E-state index contributed by atoms with van der Waals surface area (Å²) in [5.41, 5.74) is 2.11. The van der Waals surface area contributed by atoms with Crippen LogP contribution in [-0.4, -0.2) is 18.7 Å². The molecule has 3 nitrogen and oxygen atoms in total. The van der Waals surface area contributed by atoms with Crippen LogP contribution in [0.25, 0.3) is 0 Å². The van der Waals surface area contributed by atoms with Gasteiger partial charge in [0.15, 0.2) is 0 Å². The zero-order chi connectivity index (χ0) is 11.8. The monoisotopic (exact) mass is 270 g/mol. The predicted octanol–water partition coefficient (Wildman–Crippen LogP) is 2.92. The Bertz CT molecular complexity index is 357. The van der Waals surface area contributed by atoms with Gasteiger partial charge in [0.25, 0.3) is 0 Å². The van der Waals surface area contributed by atoms with Gasteiger partial charge in [-0.05, 0) is 20.8 Å². The molecule has 0 aliphatic heterocycles. The molecule has 15 heavy (non-hydrogen) atoms. The Morgan fingerprint density at radius 3 is 2.27 bits per heavy atom. The molecule has 1 N–H and O–H groups in total. The predicted molar refractivity (Wildman–Crippen MR) is 62.6 cm³/mol. The highest BCUT2D eigenvalue weighted by Crippen LogP contribution is 2.41. The van der Waals surface area contributed by atoms with E-state index < -0.39 is 9.90 Å². The maximum absolute atomic E-state index is 9.88. The summed E-state index contributed by atoms with van der Waals surface area (Å²) in [7, 11) is 0. The van der Waals surface area contributed by atoms with Crippen LogP contribution in [-0.2, 0) is 6.54 Å². The van der Waals surface area contributed by atoms with Gasteiger partial charge in [0.05, 0.1) is 5.69 Å². The minimum absolute atomic E-state index is 0.594. The van der Waals surface area contributed by atoms with Crippen LogP contribution in [0.1, 0.15) is 30.0 Å². The van der Waals surface area contributed by atoms with E-state index in [1.165, 1.54) is 0 Å². The Kier molecular flexibility index (Phi) is 3.93. The van der Waals surface area contributed by atoms with Crippen molar-refractivity contribution >= 4 is 34.8 Å². The second kappa shape index (κ2) is 4.50. The summed E-state index contributed by atoms with van der Waals surface area (Å²) in [5.74, 6) is 0. The molecule has 0 aliphatic rings. The van der Waals surface area contributed by atoms with E-state index in [9.17, 15) is 5.11 Å². The van der Waals surface area contributed by atoms with Crippen molar-refractivity contribution in [3.8, 4) is 0 Å². The molecule has 1 atom stereocenters. The van der Waals surface area contributed by atoms with Crippen molar-refractivity contribution in [2.24, 2.45) is 0 Å². The van der Waals surface area contributed by atoms with Crippen molar-refractivity contribution in [2.75, 3.05) is 0 Å². The number of nitrogens with zero attached hydrogens (tertiary/aromatic N) is 2. The van der Waals surface area contributed by atoms with Gasteiger partial charge in [-0.1, -0.05) is 34.8 Å². The number of alkyl halides is 3. The summed E-state index contributed by atoms with van der Waals surface area (Å²) in [6.45, 7) is 6.32. The largest absolute Gasteiger partial charge is 0.384 e. The topological polar surface area (TPSA) is 38.0 Å². The SMILES string of the molecule is CCn1nc(C)c([C@@H](O)C(Cl)(Cl)Cl)c1C. The van der Waals surface area contributed by atoms with Crippen LogP contribution in [0.5, 0.6) is 0 Å². The molecule has 86 valence electrons. The van der Waals surface area contributed by atoms with Gasteiger partial charge < -0.3 is 5.11 Å². The van der Waals surface area contributed by atoms with E-state index in [1.807, 2.05) is 13.8 Å². The number of hydrogen-bond donors (Lipinski definition) is 1. The minimum Gasteiger partial charge on any atom is -0.384 e. The van der Waals surface area contributed by atoms with Crippen LogP contribution < -0.4 is 0 Å². The summed E-state index contributed by atoms with van der Waals surface area (Å²) in [6, 6.07) is 0. The van der Waals surface area contributed by atoms with Crippen molar-refractivity contribution in [2.45, 2.75) is 37.2 Å². The Balaban J connectivity index is 3.20. The molecule has 6 heteroatoms. The normalized spacial score (nSPS) is 14.3. The van der Waals surface area contributed by atoms with Crippen molar-refractivity contribution < 1.29 is 5.11 Å². The minimum atomic E-state index is -1.73. The zero-order valence-corrected chi connectivity index (χ0v) is 11.0. The molecular formula is C9H13Cl3N2O. The first-order valence-electron chi connectivity index (χ1n) is 4.57. The maximum Gasteiger partial charge on any atom is 0.220 e. The highest BCUT2D eigenvalue weighted by molar-refractivity contribution is 6.68. The second-order valence-corrected chi connectivity index (χ2v) is 5.71. The lowest BCUT2D eigenvalue weighted by atomic mass is 10.1. The molecule has 1 aromatic heterocycles.